The summed E-state index contributed by atoms with van der Waals surface area (Å²) < 4.78 is 10.6. The van der Waals surface area contributed by atoms with Crippen LogP contribution in [0.1, 0.15) is 25.0 Å². The lowest BCUT2D eigenvalue weighted by atomic mass is 10.1. The van der Waals surface area contributed by atoms with Crippen LogP contribution in [0.15, 0.2) is 23.6 Å². The first-order valence-corrected chi connectivity index (χ1v) is 10.7. The number of nitrogens with zero attached hydrogens (tertiary/aromatic N) is 4. The average molecular weight is 429 g/mol. The van der Waals surface area contributed by atoms with E-state index in [9.17, 15) is 4.79 Å². The first kappa shape index (κ1) is 20.1. The zero-order chi connectivity index (χ0) is 20.9. The van der Waals surface area contributed by atoms with Crippen LogP contribution in [0, 0.1) is 0 Å². The van der Waals surface area contributed by atoms with E-state index in [0.29, 0.717) is 29.1 Å². The molecule has 0 bridgehead atoms. The second-order valence-corrected chi connectivity index (χ2v) is 7.83. The van der Waals surface area contributed by atoms with Gasteiger partial charge in [0.15, 0.2) is 11.5 Å². The normalized spacial score (nSPS) is 13.9. The maximum Gasteiger partial charge on any atom is 0.246 e. The number of carbonyl (C=O) groups excluding carboxylic acids is 1. The van der Waals surface area contributed by atoms with Crippen LogP contribution < -0.4 is 19.7 Å². The number of hydrogen-bond acceptors (Lipinski definition) is 8. The minimum Gasteiger partial charge on any atom is -0.493 e. The number of amides is 1. The number of hydrogen-bond donors (Lipinski definition) is 2. The van der Waals surface area contributed by atoms with E-state index in [4.69, 9.17) is 9.47 Å². The number of ether oxygens (including phenoxy) is 2. The molecule has 10 heteroatoms. The van der Waals surface area contributed by atoms with Gasteiger partial charge >= 0.3 is 0 Å². The molecule has 4 rings (SSSR count). The largest absolute Gasteiger partial charge is 0.493 e. The third kappa shape index (κ3) is 4.54. The van der Waals surface area contributed by atoms with Gasteiger partial charge in [-0.15, -0.1) is 16.4 Å². The first-order valence-electron chi connectivity index (χ1n) is 9.80. The standard InChI is InChI=1S/C20H24N6O3S/c1-28-15-7-6-13(10-16(15)29-2)18-21-14(12-30-18)11-17(27)22-19-23-20(25-24-19)26-8-4-3-5-9-26/h6-7,10,12H,3-5,8-9,11H2,1-2H3,(H2,22,23,24,25,27). The van der Waals surface area contributed by atoms with Gasteiger partial charge in [-0.25, -0.2) is 10.1 Å². The van der Waals surface area contributed by atoms with Crippen LogP contribution in [0.4, 0.5) is 11.9 Å². The molecule has 0 saturated carbocycles. The molecule has 0 aliphatic carbocycles. The van der Waals surface area contributed by atoms with E-state index in [-0.39, 0.29) is 12.3 Å². The second kappa shape index (κ2) is 9.12. The van der Waals surface area contributed by atoms with E-state index in [0.717, 1.165) is 36.5 Å². The Kier molecular flexibility index (Phi) is 6.12. The van der Waals surface area contributed by atoms with Gasteiger partial charge in [-0.1, -0.05) is 0 Å². The maximum atomic E-state index is 12.4. The summed E-state index contributed by atoms with van der Waals surface area (Å²) in [6, 6.07) is 5.63. The minimum absolute atomic E-state index is 0.156. The average Bonchev–Trinajstić information content (AvgIpc) is 3.43. The highest BCUT2D eigenvalue weighted by atomic mass is 32.1. The van der Waals surface area contributed by atoms with Crippen molar-refractivity contribution < 1.29 is 14.3 Å². The summed E-state index contributed by atoms with van der Waals surface area (Å²) in [6.45, 7) is 1.89. The van der Waals surface area contributed by atoms with Gasteiger partial charge in [0.2, 0.25) is 17.8 Å². The van der Waals surface area contributed by atoms with Gasteiger partial charge in [0.05, 0.1) is 26.3 Å². The van der Waals surface area contributed by atoms with Crippen LogP contribution in [-0.4, -0.2) is 53.4 Å². The third-order valence-corrected chi connectivity index (χ3v) is 5.83. The van der Waals surface area contributed by atoms with Gasteiger partial charge in [-0.3, -0.25) is 10.1 Å². The second-order valence-electron chi connectivity index (χ2n) is 6.97. The highest BCUT2D eigenvalue weighted by Crippen LogP contribution is 2.33. The summed E-state index contributed by atoms with van der Waals surface area (Å²) in [4.78, 5) is 23.5. The summed E-state index contributed by atoms with van der Waals surface area (Å²) >= 11 is 1.48. The van der Waals surface area contributed by atoms with Crippen molar-refractivity contribution in [2.24, 2.45) is 0 Å². The summed E-state index contributed by atoms with van der Waals surface area (Å²) in [6.07, 6.45) is 3.68. The number of piperidine rings is 1. The molecule has 158 valence electrons. The fraction of sp³-hybridized carbons (Fsp3) is 0.400. The van der Waals surface area contributed by atoms with Gasteiger partial charge < -0.3 is 14.4 Å². The zero-order valence-electron chi connectivity index (χ0n) is 17.0. The zero-order valence-corrected chi connectivity index (χ0v) is 17.8. The lowest BCUT2D eigenvalue weighted by molar-refractivity contribution is -0.115. The van der Waals surface area contributed by atoms with Crippen LogP contribution in [0.2, 0.25) is 0 Å². The van der Waals surface area contributed by atoms with Crippen LogP contribution in [0.25, 0.3) is 10.6 Å². The molecule has 1 aliphatic rings. The van der Waals surface area contributed by atoms with Gasteiger partial charge in [0, 0.05) is 24.0 Å². The number of carbonyl (C=O) groups is 1. The summed E-state index contributed by atoms with van der Waals surface area (Å²) in [5.41, 5.74) is 1.60. The van der Waals surface area contributed by atoms with Crippen molar-refractivity contribution in [3.05, 3.63) is 29.3 Å². The predicted octanol–water partition coefficient (Wildman–Crippen LogP) is 3.12. The van der Waals surface area contributed by atoms with Crippen LogP contribution in [0.5, 0.6) is 11.5 Å². The number of aromatic nitrogens is 4. The first-order chi connectivity index (χ1) is 14.7. The third-order valence-electron chi connectivity index (χ3n) is 4.89. The Balaban J connectivity index is 1.38. The molecule has 1 aromatic carbocycles. The quantitative estimate of drug-likeness (QED) is 0.596. The van der Waals surface area contributed by atoms with E-state index in [1.165, 1.54) is 17.8 Å². The number of rotatable bonds is 7. The molecule has 1 saturated heterocycles. The van der Waals surface area contributed by atoms with E-state index in [1.54, 1.807) is 14.2 Å². The topological polar surface area (TPSA) is 105 Å². The fourth-order valence-corrected chi connectivity index (χ4v) is 4.19. The van der Waals surface area contributed by atoms with E-state index < -0.39 is 0 Å². The molecule has 3 heterocycles. The smallest absolute Gasteiger partial charge is 0.246 e. The highest BCUT2D eigenvalue weighted by Gasteiger charge is 2.17. The van der Waals surface area contributed by atoms with Crippen molar-refractivity contribution in [2.75, 3.05) is 37.5 Å². The van der Waals surface area contributed by atoms with Crippen molar-refractivity contribution in [3.63, 3.8) is 0 Å². The molecule has 0 spiro atoms. The van der Waals surface area contributed by atoms with Crippen LogP contribution >= 0.6 is 11.3 Å². The van der Waals surface area contributed by atoms with Gasteiger partial charge in [-0.05, 0) is 37.5 Å². The minimum atomic E-state index is -0.194. The van der Waals surface area contributed by atoms with E-state index >= 15 is 0 Å². The molecule has 2 aromatic heterocycles. The van der Waals surface area contributed by atoms with Crippen molar-refractivity contribution >= 4 is 29.1 Å². The molecule has 1 fully saturated rings. The fourth-order valence-electron chi connectivity index (χ4n) is 3.37. The Hall–Kier alpha value is -3.14. The summed E-state index contributed by atoms with van der Waals surface area (Å²) in [7, 11) is 3.20. The Morgan fingerprint density at radius 1 is 1.17 bits per heavy atom. The molecule has 30 heavy (non-hydrogen) atoms. The lowest BCUT2D eigenvalue weighted by Gasteiger charge is -2.24. The molecule has 3 aromatic rings. The van der Waals surface area contributed by atoms with Crippen molar-refractivity contribution in [1.29, 1.82) is 0 Å². The Morgan fingerprint density at radius 3 is 2.73 bits per heavy atom. The van der Waals surface area contributed by atoms with Crippen LogP contribution in [-0.2, 0) is 11.2 Å². The molecule has 0 radical (unpaired) electrons. The van der Waals surface area contributed by atoms with Gasteiger partial charge in [0.1, 0.15) is 5.01 Å². The number of nitrogens with one attached hydrogen (secondary N) is 2. The molecule has 1 amide bonds. The van der Waals surface area contributed by atoms with Gasteiger partial charge in [0.25, 0.3) is 0 Å². The number of thiazole rings is 1. The number of anilines is 2. The SMILES string of the molecule is COc1ccc(-c2nc(CC(=O)Nc3nc(N4CCCCC4)n[nH]3)cs2)cc1OC. The number of H-pyrrole nitrogens is 1. The lowest BCUT2D eigenvalue weighted by Crippen LogP contribution is -2.30. The molecule has 1 aliphatic heterocycles. The predicted molar refractivity (Wildman–Crippen MR) is 115 cm³/mol. The highest BCUT2D eigenvalue weighted by molar-refractivity contribution is 7.13. The molecule has 2 N–H and O–H groups in total. The Labute approximate surface area is 178 Å². The number of benzene rings is 1. The number of methoxy groups -OCH3 is 2. The molecular weight excluding hydrogens is 404 g/mol. The monoisotopic (exact) mass is 428 g/mol. The Morgan fingerprint density at radius 2 is 1.97 bits per heavy atom. The van der Waals surface area contributed by atoms with E-state index in [1.807, 2.05) is 23.6 Å². The van der Waals surface area contributed by atoms with Crippen molar-refractivity contribution in [3.8, 4) is 22.1 Å². The van der Waals surface area contributed by atoms with E-state index in [2.05, 4.69) is 30.4 Å². The maximum absolute atomic E-state index is 12.4. The van der Waals surface area contributed by atoms with Gasteiger partial charge in [-0.2, -0.15) is 4.98 Å². The number of aromatic amines is 1. The molecular formula is C20H24N6O3S. The molecule has 0 unspecified atom stereocenters. The van der Waals surface area contributed by atoms with Crippen LogP contribution in [0.3, 0.4) is 0 Å². The summed E-state index contributed by atoms with van der Waals surface area (Å²) in [5.74, 6) is 2.10. The van der Waals surface area contributed by atoms with Crippen molar-refractivity contribution in [2.45, 2.75) is 25.7 Å². The summed E-state index contributed by atoms with van der Waals surface area (Å²) in [5, 5.41) is 12.5. The molecule has 9 nitrogen and oxygen atoms in total. The van der Waals surface area contributed by atoms with Crippen molar-refractivity contribution in [1.82, 2.24) is 20.2 Å². The Bertz CT molecular complexity index is 1010. The molecule has 0 atom stereocenters.